The van der Waals surface area contributed by atoms with E-state index in [4.69, 9.17) is 4.42 Å². The van der Waals surface area contributed by atoms with E-state index in [1.807, 2.05) is 13.0 Å². The van der Waals surface area contributed by atoms with Crippen LogP contribution in [0.25, 0.3) is 22.9 Å². The van der Waals surface area contributed by atoms with Crippen molar-refractivity contribution in [2.75, 3.05) is 0 Å². The molecule has 0 saturated heterocycles. The average Bonchev–Trinajstić information content (AvgIpc) is 2.97. The zero-order chi connectivity index (χ0) is 14.8. The van der Waals surface area contributed by atoms with Crippen molar-refractivity contribution >= 4 is 5.97 Å². The van der Waals surface area contributed by atoms with Gasteiger partial charge in [0, 0.05) is 12.4 Å². The van der Waals surface area contributed by atoms with Crippen LogP contribution in [0.5, 0.6) is 0 Å². The zero-order valence-corrected chi connectivity index (χ0v) is 11.1. The Labute approximate surface area is 120 Å². The van der Waals surface area contributed by atoms with E-state index in [9.17, 15) is 9.90 Å². The Bertz CT molecular complexity index is 811. The van der Waals surface area contributed by atoms with Crippen LogP contribution >= 0.6 is 0 Å². The van der Waals surface area contributed by atoms with E-state index < -0.39 is 5.97 Å². The summed E-state index contributed by atoms with van der Waals surface area (Å²) in [5, 5.41) is 17.1. The molecule has 0 aliphatic heterocycles. The molecule has 3 aromatic rings. The van der Waals surface area contributed by atoms with Gasteiger partial charge in [-0.15, -0.1) is 10.2 Å². The van der Waals surface area contributed by atoms with Crippen LogP contribution in [-0.2, 0) is 0 Å². The highest BCUT2D eigenvalue weighted by Gasteiger charge is 2.17. The van der Waals surface area contributed by atoms with E-state index in [-0.39, 0.29) is 11.5 Å². The molecule has 6 heteroatoms. The number of aryl methyl sites for hydroxylation is 1. The Morgan fingerprint density at radius 2 is 1.90 bits per heavy atom. The van der Waals surface area contributed by atoms with Gasteiger partial charge < -0.3 is 9.52 Å². The quantitative estimate of drug-likeness (QED) is 0.794. The van der Waals surface area contributed by atoms with Gasteiger partial charge in [-0.25, -0.2) is 4.79 Å². The van der Waals surface area contributed by atoms with Gasteiger partial charge in [0.15, 0.2) is 0 Å². The molecule has 3 rings (SSSR count). The summed E-state index contributed by atoms with van der Waals surface area (Å²) < 4.78 is 5.58. The third-order valence-corrected chi connectivity index (χ3v) is 2.93. The number of aromatic carboxylic acids is 1. The largest absolute Gasteiger partial charge is 0.478 e. The molecule has 1 N–H and O–H groups in total. The van der Waals surface area contributed by atoms with Crippen LogP contribution in [-0.4, -0.2) is 26.3 Å². The number of hydrogen-bond donors (Lipinski definition) is 1. The van der Waals surface area contributed by atoms with Crippen LogP contribution in [0.1, 0.15) is 15.9 Å². The summed E-state index contributed by atoms with van der Waals surface area (Å²) in [4.78, 5) is 15.3. The van der Waals surface area contributed by atoms with Gasteiger partial charge in [0.25, 0.3) is 0 Å². The van der Waals surface area contributed by atoms with Crippen molar-refractivity contribution in [2.45, 2.75) is 6.92 Å². The zero-order valence-electron chi connectivity index (χ0n) is 11.1. The summed E-state index contributed by atoms with van der Waals surface area (Å²) in [7, 11) is 0. The summed E-state index contributed by atoms with van der Waals surface area (Å²) in [5.74, 6) is -0.562. The second-order valence-electron chi connectivity index (χ2n) is 4.51. The molecule has 6 nitrogen and oxygen atoms in total. The van der Waals surface area contributed by atoms with Gasteiger partial charge in [0.05, 0.1) is 16.7 Å². The van der Waals surface area contributed by atoms with Gasteiger partial charge in [0.2, 0.25) is 11.8 Å². The van der Waals surface area contributed by atoms with Gasteiger partial charge in [-0.2, -0.15) is 0 Å². The second-order valence-corrected chi connectivity index (χ2v) is 4.51. The third-order valence-electron chi connectivity index (χ3n) is 2.93. The molecule has 2 heterocycles. The number of aromatic nitrogens is 3. The van der Waals surface area contributed by atoms with E-state index >= 15 is 0 Å². The number of nitrogens with zero attached hydrogens (tertiary/aromatic N) is 3. The van der Waals surface area contributed by atoms with Crippen LogP contribution in [0.15, 0.2) is 47.1 Å². The maximum atomic E-state index is 11.2. The van der Waals surface area contributed by atoms with E-state index in [0.717, 1.165) is 5.56 Å². The Morgan fingerprint density at radius 3 is 2.67 bits per heavy atom. The van der Waals surface area contributed by atoms with Gasteiger partial charge in [-0.3, -0.25) is 4.98 Å². The molecule has 0 radical (unpaired) electrons. The van der Waals surface area contributed by atoms with Crippen LogP contribution in [0.3, 0.4) is 0 Å². The molecule has 0 spiro atoms. The fourth-order valence-electron chi connectivity index (χ4n) is 1.98. The number of carboxylic acids is 1. The highest BCUT2D eigenvalue weighted by atomic mass is 16.4. The molecule has 2 aromatic heterocycles. The number of rotatable bonds is 3. The van der Waals surface area contributed by atoms with E-state index in [0.29, 0.717) is 17.0 Å². The standard InChI is InChI=1S/C15H11N3O3/c1-9-6-10(8-16-7-9)13-17-18-14(21-13)11-4-2-3-5-12(11)15(19)20/h2-8H,1H3,(H,19,20). The van der Waals surface area contributed by atoms with Crippen LogP contribution in [0, 0.1) is 6.92 Å². The Kier molecular flexibility index (Phi) is 3.19. The molecule has 0 atom stereocenters. The molecular weight excluding hydrogens is 270 g/mol. The molecular formula is C15H11N3O3. The van der Waals surface area contributed by atoms with Gasteiger partial charge in [-0.1, -0.05) is 12.1 Å². The van der Waals surface area contributed by atoms with Crippen LogP contribution in [0.2, 0.25) is 0 Å². The van der Waals surface area contributed by atoms with Gasteiger partial charge in [0.1, 0.15) is 0 Å². The number of hydrogen-bond acceptors (Lipinski definition) is 5. The monoisotopic (exact) mass is 281 g/mol. The summed E-state index contributed by atoms with van der Waals surface area (Å²) >= 11 is 0. The SMILES string of the molecule is Cc1cncc(-c2nnc(-c3ccccc3C(=O)O)o2)c1. The Morgan fingerprint density at radius 1 is 1.14 bits per heavy atom. The highest BCUT2D eigenvalue weighted by Crippen LogP contribution is 2.26. The number of carbonyl (C=O) groups is 1. The molecule has 0 fully saturated rings. The average molecular weight is 281 g/mol. The minimum atomic E-state index is -1.04. The fraction of sp³-hybridized carbons (Fsp3) is 0.0667. The number of pyridine rings is 1. The van der Waals surface area contributed by atoms with Crippen molar-refractivity contribution < 1.29 is 14.3 Å². The van der Waals surface area contributed by atoms with E-state index in [1.165, 1.54) is 6.07 Å². The van der Waals surface area contributed by atoms with Crippen molar-refractivity contribution in [1.29, 1.82) is 0 Å². The molecule has 0 bridgehead atoms. The first-order valence-corrected chi connectivity index (χ1v) is 6.23. The predicted octanol–water partition coefficient (Wildman–Crippen LogP) is 2.81. The molecule has 0 unspecified atom stereocenters. The Balaban J connectivity index is 2.05. The number of benzene rings is 1. The topological polar surface area (TPSA) is 89.1 Å². The summed E-state index contributed by atoms with van der Waals surface area (Å²) in [6, 6.07) is 8.37. The molecule has 0 amide bonds. The number of carboxylic acid groups (broad SMARTS) is 1. The van der Waals surface area contributed by atoms with Gasteiger partial charge in [-0.05, 0) is 30.7 Å². The normalized spacial score (nSPS) is 10.5. The second kappa shape index (κ2) is 5.16. The van der Waals surface area contributed by atoms with Crippen LogP contribution in [0.4, 0.5) is 0 Å². The lowest BCUT2D eigenvalue weighted by atomic mass is 10.1. The smallest absolute Gasteiger partial charge is 0.336 e. The fourth-order valence-corrected chi connectivity index (χ4v) is 1.98. The van der Waals surface area contributed by atoms with Crippen molar-refractivity contribution in [3.63, 3.8) is 0 Å². The van der Waals surface area contributed by atoms with Crippen molar-refractivity contribution in [1.82, 2.24) is 15.2 Å². The molecule has 0 saturated carbocycles. The molecule has 1 aromatic carbocycles. The first-order chi connectivity index (χ1) is 10.1. The molecule has 104 valence electrons. The Hall–Kier alpha value is -3.02. The lowest BCUT2D eigenvalue weighted by Crippen LogP contribution is -1.98. The maximum absolute atomic E-state index is 11.2. The molecule has 0 aliphatic rings. The summed E-state index contributed by atoms with van der Waals surface area (Å²) in [6.45, 7) is 1.91. The first-order valence-electron chi connectivity index (χ1n) is 6.23. The van der Waals surface area contributed by atoms with Gasteiger partial charge >= 0.3 is 5.97 Å². The van der Waals surface area contributed by atoms with Crippen molar-refractivity contribution in [3.8, 4) is 22.9 Å². The predicted molar refractivity (Wildman–Crippen MR) is 74.7 cm³/mol. The lowest BCUT2D eigenvalue weighted by molar-refractivity contribution is 0.0697. The first kappa shape index (κ1) is 13.0. The molecule has 21 heavy (non-hydrogen) atoms. The van der Waals surface area contributed by atoms with Crippen molar-refractivity contribution in [3.05, 3.63) is 53.9 Å². The minimum absolute atomic E-state index is 0.120. The van der Waals surface area contributed by atoms with Crippen molar-refractivity contribution in [2.24, 2.45) is 0 Å². The van der Waals surface area contributed by atoms with E-state index in [1.54, 1.807) is 30.6 Å². The lowest BCUT2D eigenvalue weighted by Gasteiger charge is -2.00. The maximum Gasteiger partial charge on any atom is 0.336 e. The molecule has 0 aliphatic carbocycles. The minimum Gasteiger partial charge on any atom is -0.478 e. The summed E-state index contributed by atoms with van der Waals surface area (Å²) in [6.07, 6.45) is 3.34. The van der Waals surface area contributed by atoms with Crippen LogP contribution < -0.4 is 0 Å². The summed E-state index contributed by atoms with van der Waals surface area (Å²) in [5.41, 5.74) is 2.18. The van der Waals surface area contributed by atoms with E-state index in [2.05, 4.69) is 15.2 Å². The third kappa shape index (κ3) is 2.51. The highest BCUT2D eigenvalue weighted by molar-refractivity contribution is 5.94.